The number of fused-ring (bicyclic) bond motifs is 1. The van der Waals surface area contributed by atoms with Crippen LogP contribution in [-0.4, -0.2) is 32.2 Å². The number of hydrogen-bond donors (Lipinski definition) is 0. The number of hydrogen-bond acceptors (Lipinski definition) is 9. The summed E-state index contributed by atoms with van der Waals surface area (Å²) in [5, 5.41) is 21.3. The van der Waals surface area contributed by atoms with Gasteiger partial charge in [0.1, 0.15) is 17.1 Å². The Morgan fingerprint density at radius 1 is 0.914 bits per heavy atom. The van der Waals surface area contributed by atoms with Crippen molar-refractivity contribution in [3.8, 4) is 23.0 Å². The molecule has 35 heavy (non-hydrogen) atoms. The normalized spacial score (nSPS) is 11.5. The van der Waals surface area contributed by atoms with Crippen LogP contribution in [0.5, 0.6) is 23.0 Å². The fourth-order valence-corrected chi connectivity index (χ4v) is 3.22. The van der Waals surface area contributed by atoms with Crippen molar-refractivity contribution in [3.63, 3.8) is 0 Å². The number of benzene rings is 3. The third-order valence-corrected chi connectivity index (χ3v) is 5.73. The van der Waals surface area contributed by atoms with E-state index in [4.69, 9.17) is 18.9 Å². The molecule has 0 aliphatic rings. The van der Waals surface area contributed by atoms with Crippen molar-refractivity contribution < 1.29 is 28.7 Å². The van der Waals surface area contributed by atoms with E-state index in [0.717, 1.165) is 5.39 Å². The molecule has 10 nitrogen and oxygen atoms in total. The predicted molar refractivity (Wildman–Crippen MR) is 131 cm³/mol. The molecule has 0 N–H and O–H groups in total. The summed E-state index contributed by atoms with van der Waals surface area (Å²) in [6, 6.07) is 11.5. The van der Waals surface area contributed by atoms with Crippen LogP contribution in [0.1, 0.15) is 27.2 Å². The summed E-state index contributed by atoms with van der Waals surface area (Å²) in [5.74, 6) is 0.445. The molecule has 3 aromatic carbocycles. The average Bonchev–Trinajstić information content (AvgIpc) is 2.87. The van der Waals surface area contributed by atoms with E-state index in [-0.39, 0.29) is 34.3 Å². The summed E-state index contributed by atoms with van der Waals surface area (Å²) in [6.07, 6.45) is 0.580. The third-order valence-electron chi connectivity index (χ3n) is 5.73. The summed E-state index contributed by atoms with van der Waals surface area (Å²) in [4.78, 5) is 23.7. The van der Waals surface area contributed by atoms with Crippen LogP contribution >= 0.6 is 0 Å². The Hall–Kier alpha value is -4.21. The van der Waals surface area contributed by atoms with Gasteiger partial charge < -0.3 is 18.9 Å². The fourth-order valence-electron chi connectivity index (χ4n) is 3.22. The maximum atomic E-state index is 12.9. The molecule has 184 valence electrons. The lowest BCUT2D eigenvalue weighted by atomic mass is 9.90. The highest BCUT2D eigenvalue weighted by Crippen LogP contribution is 2.45. The molecule has 0 unspecified atom stereocenters. The second kappa shape index (κ2) is 10.4. The van der Waals surface area contributed by atoms with Crippen molar-refractivity contribution >= 4 is 33.8 Å². The smallest absolute Gasteiger partial charge is 0.316 e. The van der Waals surface area contributed by atoms with Crippen LogP contribution in [0, 0.1) is 15.5 Å². The van der Waals surface area contributed by atoms with Gasteiger partial charge in [-0.2, -0.15) is 0 Å². The van der Waals surface area contributed by atoms with Crippen LogP contribution in [0.4, 0.5) is 17.1 Å². The number of nitro benzene ring substituents is 1. The lowest BCUT2D eigenvalue weighted by Crippen LogP contribution is -2.28. The topological polar surface area (TPSA) is 122 Å². The van der Waals surface area contributed by atoms with Crippen molar-refractivity contribution in [3.05, 3.63) is 52.6 Å². The zero-order valence-corrected chi connectivity index (χ0v) is 20.4. The first kappa shape index (κ1) is 25.4. The predicted octanol–water partition coefficient (Wildman–Crippen LogP) is 6.53. The molecule has 0 spiro atoms. The van der Waals surface area contributed by atoms with Crippen LogP contribution in [0.3, 0.4) is 0 Å². The summed E-state index contributed by atoms with van der Waals surface area (Å²) in [5.41, 5.74) is -0.565. The molecule has 0 aliphatic carbocycles. The first-order chi connectivity index (χ1) is 16.7. The van der Waals surface area contributed by atoms with Crippen molar-refractivity contribution in [2.24, 2.45) is 15.6 Å². The van der Waals surface area contributed by atoms with Gasteiger partial charge in [0.05, 0.1) is 37.7 Å². The number of methoxy groups -OCH3 is 3. The molecular formula is C25H27N3O7. The van der Waals surface area contributed by atoms with Gasteiger partial charge in [0.2, 0.25) is 0 Å². The van der Waals surface area contributed by atoms with Crippen molar-refractivity contribution in [1.29, 1.82) is 0 Å². The molecule has 0 heterocycles. The zero-order valence-electron chi connectivity index (χ0n) is 20.4. The molecule has 3 rings (SSSR count). The van der Waals surface area contributed by atoms with Crippen molar-refractivity contribution in [2.75, 3.05) is 21.3 Å². The Bertz CT molecular complexity index is 1300. The number of azo groups is 1. The van der Waals surface area contributed by atoms with Crippen molar-refractivity contribution in [1.82, 2.24) is 0 Å². The maximum absolute atomic E-state index is 12.9. The number of esters is 1. The SMILES string of the molecule is CCC(C)(C)C(=O)Oc1c(N=Nc2cc(OC)c([N+](=O)[O-])cc2OC)cc(OC)c2ccccc12. The number of rotatable bonds is 9. The third kappa shape index (κ3) is 5.16. The number of carbonyl (C=O) groups excluding carboxylic acids is 1. The Morgan fingerprint density at radius 2 is 1.49 bits per heavy atom. The molecule has 0 saturated heterocycles. The molecule has 0 aliphatic heterocycles. The second-order valence-electron chi connectivity index (χ2n) is 8.25. The Labute approximate surface area is 202 Å². The zero-order chi connectivity index (χ0) is 25.8. The van der Waals surface area contributed by atoms with Gasteiger partial charge in [-0.3, -0.25) is 14.9 Å². The summed E-state index contributed by atoms with van der Waals surface area (Å²) in [6.45, 7) is 5.51. The fraction of sp³-hybridized carbons (Fsp3) is 0.320. The Morgan fingerprint density at radius 3 is 2.06 bits per heavy atom. The number of ether oxygens (including phenoxy) is 4. The van der Waals surface area contributed by atoms with Crippen LogP contribution in [-0.2, 0) is 4.79 Å². The minimum Gasteiger partial charge on any atom is -0.496 e. The van der Waals surface area contributed by atoms with Crippen LogP contribution in [0.2, 0.25) is 0 Å². The van der Waals surface area contributed by atoms with E-state index >= 15 is 0 Å². The molecule has 0 radical (unpaired) electrons. The van der Waals surface area contributed by atoms with Gasteiger partial charge in [0.25, 0.3) is 0 Å². The van der Waals surface area contributed by atoms with Gasteiger partial charge in [-0.15, -0.1) is 10.2 Å². The lowest BCUT2D eigenvalue weighted by molar-refractivity contribution is -0.385. The van der Waals surface area contributed by atoms with E-state index in [2.05, 4.69) is 10.2 Å². The lowest BCUT2D eigenvalue weighted by Gasteiger charge is -2.21. The summed E-state index contributed by atoms with van der Waals surface area (Å²) in [7, 11) is 4.21. The average molecular weight is 482 g/mol. The highest BCUT2D eigenvalue weighted by atomic mass is 16.6. The first-order valence-electron chi connectivity index (χ1n) is 10.8. The summed E-state index contributed by atoms with van der Waals surface area (Å²) < 4.78 is 21.8. The number of nitrogens with zero attached hydrogens (tertiary/aromatic N) is 3. The van der Waals surface area contributed by atoms with Gasteiger partial charge in [0.15, 0.2) is 17.2 Å². The van der Waals surface area contributed by atoms with E-state index in [1.165, 1.54) is 33.5 Å². The quantitative estimate of drug-likeness (QED) is 0.112. The monoisotopic (exact) mass is 481 g/mol. The Balaban J connectivity index is 2.20. The molecule has 0 bridgehead atoms. The minimum absolute atomic E-state index is 0.00260. The van der Waals surface area contributed by atoms with E-state index in [9.17, 15) is 14.9 Å². The van der Waals surface area contributed by atoms with Gasteiger partial charge in [-0.1, -0.05) is 31.2 Å². The van der Waals surface area contributed by atoms with Crippen LogP contribution < -0.4 is 18.9 Å². The van der Waals surface area contributed by atoms with Crippen LogP contribution in [0.15, 0.2) is 52.7 Å². The van der Waals surface area contributed by atoms with Crippen LogP contribution in [0.25, 0.3) is 10.8 Å². The second-order valence-corrected chi connectivity index (χ2v) is 8.25. The van der Waals surface area contributed by atoms with Gasteiger partial charge in [-0.25, -0.2) is 0 Å². The molecule has 0 aromatic heterocycles. The minimum atomic E-state index is -0.718. The molecule has 3 aromatic rings. The van der Waals surface area contributed by atoms with E-state index in [1.807, 2.05) is 25.1 Å². The first-order valence-corrected chi connectivity index (χ1v) is 10.8. The van der Waals surface area contributed by atoms with E-state index in [0.29, 0.717) is 17.6 Å². The summed E-state index contributed by atoms with van der Waals surface area (Å²) >= 11 is 0. The number of nitro groups is 1. The molecule has 0 amide bonds. The Kier molecular flexibility index (Phi) is 7.53. The van der Waals surface area contributed by atoms with E-state index in [1.54, 1.807) is 26.0 Å². The van der Waals surface area contributed by atoms with Gasteiger partial charge in [0, 0.05) is 22.9 Å². The van der Waals surface area contributed by atoms with Crippen molar-refractivity contribution in [2.45, 2.75) is 27.2 Å². The largest absolute Gasteiger partial charge is 0.496 e. The van der Waals surface area contributed by atoms with E-state index < -0.39 is 16.3 Å². The molecule has 0 saturated carbocycles. The molecule has 0 fully saturated rings. The van der Waals surface area contributed by atoms with Gasteiger partial charge >= 0.3 is 11.7 Å². The molecular weight excluding hydrogens is 454 g/mol. The number of carbonyl (C=O) groups is 1. The molecule has 0 atom stereocenters. The maximum Gasteiger partial charge on any atom is 0.316 e. The standard InChI is InChI=1S/C25H27N3O7/c1-7-25(2,3)24(29)35-23-16-11-9-8-10-15(16)20(32-4)13-18(23)27-26-17-12-22(34-6)19(28(30)31)14-21(17)33-5/h8-14H,7H2,1-6H3. The highest BCUT2D eigenvalue weighted by Gasteiger charge is 2.29. The van der Waals surface area contributed by atoms with Gasteiger partial charge in [-0.05, 0) is 20.3 Å². The highest BCUT2D eigenvalue weighted by molar-refractivity contribution is 5.99. The molecule has 10 heteroatoms.